The second kappa shape index (κ2) is 6.18. The zero-order valence-corrected chi connectivity index (χ0v) is 11.6. The molecule has 1 amide bonds. The molecule has 1 heterocycles. The van der Waals surface area contributed by atoms with Gasteiger partial charge in [0.2, 0.25) is 5.71 Å². The van der Waals surface area contributed by atoms with E-state index in [2.05, 4.69) is 41.2 Å². The van der Waals surface area contributed by atoms with Gasteiger partial charge >= 0.3 is 0 Å². The van der Waals surface area contributed by atoms with Crippen LogP contribution in [-0.4, -0.2) is 37.1 Å². The van der Waals surface area contributed by atoms with Crippen LogP contribution in [0.1, 0.15) is 27.2 Å². The first-order valence-corrected chi connectivity index (χ1v) is 5.89. The Kier molecular flexibility index (Phi) is 4.87. The van der Waals surface area contributed by atoms with Crippen LogP contribution in [0.3, 0.4) is 0 Å². The molecule has 1 aliphatic rings. The Hall–Kier alpha value is -2.10. The molecule has 7 heteroatoms. The molecule has 1 atom stereocenters. The average Bonchev–Trinajstić information content (AvgIpc) is 2.81. The highest BCUT2D eigenvalue weighted by molar-refractivity contribution is 6.45. The van der Waals surface area contributed by atoms with Gasteiger partial charge in [-0.1, -0.05) is 31.1 Å². The molecule has 0 aromatic heterocycles. The normalized spacial score (nSPS) is 19.2. The summed E-state index contributed by atoms with van der Waals surface area (Å²) in [4.78, 5) is 21.3. The van der Waals surface area contributed by atoms with Crippen molar-refractivity contribution in [3.8, 4) is 6.07 Å². The van der Waals surface area contributed by atoms with Crippen LogP contribution in [0.4, 0.5) is 0 Å². The van der Waals surface area contributed by atoms with Gasteiger partial charge in [-0.2, -0.15) is 5.26 Å². The summed E-state index contributed by atoms with van der Waals surface area (Å²) in [6.07, 6.45) is 0.662. The van der Waals surface area contributed by atoms with Crippen molar-refractivity contribution in [2.75, 3.05) is 13.7 Å². The number of carbonyl (C=O) groups is 1. The quantitative estimate of drug-likeness (QED) is 0.601. The predicted molar refractivity (Wildman–Crippen MR) is 69.4 cm³/mol. The Morgan fingerprint density at radius 2 is 2.37 bits per heavy atom. The Morgan fingerprint density at radius 3 is 2.84 bits per heavy atom. The van der Waals surface area contributed by atoms with E-state index >= 15 is 0 Å². The van der Waals surface area contributed by atoms with E-state index < -0.39 is 5.91 Å². The van der Waals surface area contributed by atoms with Crippen molar-refractivity contribution in [2.24, 2.45) is 15.7 Å². The number of nitriles is 1. The van der Waals surface area contributed by atoms with Crippen LogP contribution in [0.5, 0.6) is 0 Å². The molecule has 0 radical (unpaired) electrons. The lowest BCUT2D eigenvalue weighted by molar-refractivity contribution is -0.114. The van der Waals surface area contributed by atoms with Crippen molar-refractivity contribution in [1.29, 1.82) is 5.26 Å². The lowest BCUT2D eigenvalue weighted by Crippen LogP contribution is -2.35. The fourth-order valence-corrected chi connectivity index (χ4v) is 1.47. The number of amides is 1. The third-order valence-electron chi connectivity index (χ3n) is 2.65. The van der Waals surface area contributed by atoms with Crippen molar-refractivity contribution in [2.45, 2.75) is 33.3 Å². The second-order valence-electron chi connectivity index (χ2n) is 5.24. The Labute approximate surface area is 112 Å². The Balaban J connectivity index is 2.46. The summed E-state index contributed by atoms with van der Waals surface area (Å²) in [6.45, 7) is 6.42. The molecule has 1 aliphatic heterocycles. The average molecular weight is 266 g/mol. The zero-order valence-electron chi connectivity index (χ0n) is 11.6. The molecule has 0 aromatic carbocycles. The lowest BCUT2D eigenvalue weighted by atomic mass is 9.86. The number of nitrogens with one attached hydrogen (secondary N) is 1. The molecule has 1 rings (SSSR count). The summed E-state index contributed by atoms with van der Waals surface area (Å²) in [5.41, 5.74) is 0.405. The minimum atomic E-state index is -0.591. The standard InChI is InChI=1S/C12H18N4O3/c1-12(2,3)10-5-8(15-19-10)7-14-11(17)9(6-13)16-18-4/h10H,5,7H2,1-4H3,(H,14,17)/b16-9-. The Morgan fingerprint density at radius 1 is 1.68 bits per heavy atom. The van der Waals surface area contributed by atoms with E-state index in [1.165, 1.54) is 7.11 Å². The highest BCUT2D eigenvalue weighted by Gasteiger charge is 2.32. The summed E-state index contributed by atoms with van der Waals surface area (Å²) in [7, 11) is 1.27. The number of hydrogen-bond acceptors (Lipinski definition) is 6. The maximum absolute atomic E-state index is 11.6. The number of rotatable bonds is 4. The molecular formula is C12H18N4O3. The monoisotopic (exact) mass is 266 g/mol. The molecule has 0 bridgehead atoms. The van der Waals surface area contributed by atoms with E-state index in [9.17, 15) is 4.79 Å². The SMILES string of the molecule is CO/N=C(/C#N)C(=O)NCC1=NOC(C(C)(C)C)C1. The van der Waals surface area contributed by atoms with Crippen molar-refractivity contribution in [1.82, 2.24) is 5.32 Å². The van der Waals surface area contributed by atoms with Gasteiger partial charge in [-0.3, -0.25) is 4.79 Å². The van der Waals surface area contributed by atoms with Crippen LogP contribution in [0.25, 0.3) is 0 Å². The predicted octanol–water partition coefficient (Wildman–Crippen LogP) is 0.820. The largest absolute Gasteiger partial charge is 0.398 e. The summed E-state index contributed by atoms with van der Waals surface area (Å²) in [5, 5.41) is 18.5. The van der Waals surface area contributed by atoms with Crippen LogP contribution in [0.15, 0.2) is 10.3 Å². The van der Waals surface area contributed by atoms with Gasteiger partial charge in [0, 0.05) is 11.8 Å². The minimum absolute atomic E-state index is 0.00230. The van der Waals surface area contributed by atoms with Gasteiger partial charge in [0.15, 0.2) is 0 Å². The number of hydrogen-bond donors (Lipinski definition) is 1. The molecule has 0 saturated heterocycles. The zero-order chi connectivity index (χ0) is 14.5. The molecule has 1 unspecified atom stereocenters. The van der Waals surface area contributed by atoms with Crippen LogP contribution in [0, 0.1) is 16.7 Å². The van der Waals surface area contributed by atoms with Crippen LogP contribution in [0.2, 0.25) is 0 Å². The smallest absolute Gasteiger partial charge is 0.284 e. The van der Waals surface area contributed by atoms with Crippen LogP contribution in [-0.2, 0) is 14.5 Å². The third-order valence-corrected chi connectivity index (χ3v) is 2.65. The maximum atomic E-state index is 11.6. The molecule has 0 aliphatic carbocycles. The van der Waals surface area contributed by atoms with Crippen LogP contribution >= 0.6 is 0 Å². The summed E-state index contributed by atoms with van der Waals surface area (Å²) >= 11 is 0. The van der Waals surface area contributed by atoms with E-state index in [0.717, 1.165) is 5.71 Å². The molecule has 104 valence electrons. The molecule has 1 N–H and O–H groups in total. The highest BCUT2D eigenvalue weighted by Crippen LogP contribution is 2.28. The third kappa shape index (κ3) is 4.25. The number of carbonyl (C=O) groups excluding carboxylic acids is 1. The summed E-state index contributed by atoms with van der Waals surface area (Å²) in [6, 6.07) is 1.65. The molecule has 0 aromatic rings. The Bertz CT molecular complexity index is 443. The molecule has 0 spiro atoms. The highest BCUT2D eigenvalue weighted by atomic mass is 16.6. The van der Waals surface area contributed by atoms with Gasteiger partial charge in [0.25, 0.3) is 5.91 Å². The number of nitrogens with zero attached hydrogens (tertiary/aromatic N) is 3. The van der Waals surface area contributed by atoms with Crippen molar-refractivity contribution < 1.29 is 14.5 Å². The lowest BCUT2D eigenvalue weighted by Gasteiger charge is -2.23. The fraction of sp³-hybridized carbons (Fsp3) is 0.667. The van der Waals surface area contributed by atoms with E-state index in [1.54, 1.807) is 6.07 Å². The molecular weight excluding hydrogens is 248 g/mol. The van der Waals surface area contributed by atoms with E-state index in [4.69, 9.17) is 10.1 Å². The van der Waals surface area contributed by atoms with Crippen LogP contribution < -0.4 is 5.32 Å². The van der Waals surface area contributed by atoms with Gasteiger partial charge in [-0.25, -0.2) is 0 Å². The topological polar surface area (TPSA) is 96.1 Å². The molecule has 7 nitrogen and oxygen atoms in total. The van der Waals surface area contributed by atoms with Crippen molar-refractivity contribution in [3.05, 3.63) is 0 Å². The number of oxime groups is 2. The first-order valence-electron chi connectivity index (χ1n) is 5.89. The van der Waals surface area contributed by atoms with E-state index in [-0.39, 0.29) is 23.8 Å². The molecule has 0 fully saturated rings. The first kappa shape index (κ1) is 15.0. The van der Waals surface area contributed by atoms with Gasteiger partial charge < -0.3 is 15.0 Å². The second-order valence-corrected chi connectivity index (χ2v) is 5.24. The van der Waals surface area contributed by atoms with Gasteiger partial charge in [-0.15, -0.1) is 0 Å². The van der Waals surface area contributed by atoms with Gasteiger partial charge in [0.05, 0.1) is 12.3 Å². The maximum Gasteiger partial charge on any atom is 0.284 e. The van der Waals surface area contributed by atoms with E-state index in [1.807, 2.05) is 0 Å². The first-order chi connectivity index (χ1) is 8.88. The fourth-order valence-electron chi connectivity index (χ4n) is 1.47. The summed E-state index contributed by atoms with van der Waals surface area (Å²) < 4.78 is 0. The van der Waals surface area contributed by atoms with Gasteiger partial charge in [0.1, 0.15) is 19.3 Å². The summed E-state index contributed by atoms with van der Waals surface area (Å²) in [5.74, 6) is -0.591. The molecule has 19 heavy (non-hydrogen) atoms. The van der Waals surface area contributed by atoms with Gasteiger partial charge in [-0.05, 0) is 0 Å². The minimum Gasteiger partial charge on any atom is -0.398 e. The van der Waals surface area contributed by atoms with E-state index in [0.29, 0.717) is 6.42 Å². The van der Waals surface area contributed by atoms with Crippen molar-refractivity contribution in [3.63, 3.8) is 0 Å². The molecule has 0 saturated carbocycles. The van der Waals surface area contributed by atoms with Crippen molar-refractivity contribution >= 4 is 17.3 Å².